The summed E-state index contributed by atoms with van der Waals surface area (Å²) in [5.74, 6) is 0.583. The minimum Gasteiger partial charge on any atom is -0.497 e. The number of urea groups is 1. The molecule has 0 fully saturated rings. The third kappa shape index (κ3) is 1.84. The molecular weight excluding hydrogens is 300 g/mol. The lowest BCUT2D eigenvalue weighted by Crippen LogP contribution is -2.43. The number of nitrogens with one attached hydrogen (secondary N) is 1. The van der Waals surface area contributed by atoms with Gasteiger partial charge in [0, 0.05) is 10.8 Å². The fraction of sp³-hybridized carbons (Fsp3) is 0.0833. The van der Waals surface area contributed by atoms with Gasteiger partial charge in [-0.15, -0.1) is 11.3 Å². The summed E-state index contributed by atoms with van der Waals surface area (Å²) in [6.45, 7) is 0. The molecule has 0 bridgehead atoms. The SMILES string of the molecule is COc1ccc(N2C(=O)Nc3cscc3S2(=O)=O)cc1. The Hall–Kier alpha value is -2.06. The van der Waals surface area contributed by atoms with Crippen LogP contribution < -0.4 is 14.4 Å². The molecule has 0 atom stereocenters. The van der Waals surface area contributed by atoms with Crippen LogP contribution in [0.3, 0.4) is 0 Å². The summed E-state index contributed by atoms with van der Waals surface area (Å²) < 4.78 is 30.7. The highest BCUT2D eigenvalue weighted by Crippen LogP contribution is 2.36. The van der Waals surface area contributed by atoms with E-state index >= 15 is 0 Å². The van der Waals surface area contributed by atoms with Crippen LogP contribution in [0.15, 0.2) is 39.9 Å². The normalized spacial score (nSPS) is 16.4. The zero-order valence-electron chi connectivity index (χ0n) is 10.4. The van der Waals surface area contributed by atoms with Crippen molar-refractivity contribution in [1.29, 1.82) is 0 Å². The third-order valence-corrected chi connectivity index (χ3v) is 5.52. The summed E-state index contributed by atoms with van der Waals surface area (Å²) in [5.41, 5.74) is 0.588. The van der Waals surface area contributed by atoms with E-state index in [0.717, 1.165) is 4.31 Å². The fourth-order valence-electron chi connectivity index (χ4n) is 1.92. The molecule has 0 aliphatic carbocycles. The minimum atomic E-state index is -3.87. The minimum absolute atomic E-state index is 0.109. The first-order valence-electron chi connectivity index (χ1n) is 5.60. The van der Waals surface area contributed by atoms with E-state index in [4.69, 9.17) is 4.74 Å². The molecule has 0 saturated heterocycles. The first-order chi connectivity index (χ1) is 9.54. The van der Waals surface area contributed by atoms with E-state index in [1.54, 1.807) is 17.5 Å². The number of rotatable bonds is 2. The number of hydrogen-bond donors (Lipinski definition) is 1. The third-order valence-electron chi connectivity index (χ3n) is 2.88. The Labute approximate surface area is 119 Å². The average Bonchev–Trinajstić information content (AvgIpc) is 2.88. The maximum Gasteiger partial charge on any atom is 0.340 e. The van der Waals surface area contributed by atoms with Crippen molar-refractivity contribution in [3.05, 3.63) is 35.0 Å². The van der Waals surface area contributed by atoms with Gasteiger partial charge < -0.3 is 10.1 Å². The number of carbonyl (C=O) groups excluding carboxylic acids is 1. The molecule has 3 rings (SSSR count). The summed E-state index contributed by atoms with van der Waals surface area (Å²) in [4.78, 5) is 12.1. The van der Waals surface area contributed by atoms with Gasteiger partial charge in [-0.3, -0.25) is 0 Å². The number of amides is 2. The first kappa shape index (κ1) is 12.9. The number of thiophene rings is 1. The number of fused-ring (bicyclic) bond motifs is 1. The highest BCUT2D eigenvalue weighted by molar-refractivity contribution is 7.94. The standard InChI is InChI=1S/C12H10N2O4S2/c1-18-9-4-2-8(3-5-9)14-12(15)13-10-6-19-7-11(10)20(14,16)17/h2-7H,1H3,(H,13,15). The average molecular weight is 310 g/mol. The fourth-order valence-corrected chi connectivity index (χ4v) is 4.54. The zero-order chi connectivity index (χ0) is 14.3. The van der Waals surface area contributed by atoms with Crippen LogP contribution in [-0.2, 0) is 10.0 Å². The van der Waals surface area contributed by atoms with Crippen LogP contribution in [0.25, 0.3) is 0 Å². The van der Waals surface area contributed by atoms with Gasteiger partial charge in [-0.05, 0) is 24.3 Å². The van der Waals surface area contributed by atoms with E-state index in [0.29, 0.717) is 11.4 Å². The number of methoxy groups -OCH3 is 1. The van der Waals surface area contributed by atoms with Crippen LogP contribution in [-0.4, -0.2) is 21.6 Å². The van der Waals surface area contributed by atoms with E-state index in [9.17, 15) is 13.2 Å². The van der Waals surface area contributed by atoms with Crippen LogP contribution in [0.5, 0.6) is 5.75 Å². The second-order valence-electron chi connectivity index (χ2n) is 4.05. The number of anilines is 2. The Morgan fingerprint density at radius 1 is 1.20 bits per heavy atom. The van der Waals surface area contributed by atoms with Crippen molar-refractivity contribution < 1.29 is 17.9 Å². The molecule has 8 heteroatoms. The molecule has 1 aliphatic rings. The molecule has 0 unspecified atom stereocenters. The number of nitrogens with zero attached hydrogens (tertiary/aromatic N) is 1. The van der Waals surface area contributed by atoms with Crippen LogP contribution in [0, 0.1) is 0 Å². The van der Waals surface area contributed by atoms with E-state index in [2.05, 4.69) is 5.32 Å². The van der Waals surface area contributed by atoms with Crippen molar-refractivity contribution in [1.82, 2.24) is 0 Å². The lowest BCUT2D eigenvalue weighted by Gasteiger charge is -2.27. The van der Waals surface area contributed by atoms with Crippen molar-refractivity contribution >= 4 is 38.8 Å². The first-order valence-corrected chi connectivity index (χ1v) is 7.99. The molecule has 2 aromatic rings. The zero-order valence-corrected chi connectivity index (χ0v) is 12.0. The predicted octanol–water partition coefficient (Wildman–Crippen LogP) is 2.50. The van der Waals surface area contributed by atoms with Gasteiger partial charge in [0.2, 0.25) is 0 Å². The monoisotopic (exact) mass is 310 g/mol. The molecule has 1 aromatic carbocycles. The summed E-state index contributed by atoms with van der Waals surface area (Å²) in [5, 5.41) is 5.65. The molecule has 1 N–H and O–H groups in total. The lowest BCUT2D eigenvalue weighted by atomic mass is 10.3. The molecule has 2 amide bonds. The molecule has 0 saturated carbocycles. The number of sulfonamides is 1. The van der Waals surface area contributed by atoms with Crippen molar-refractivity contribution in [3.8, 4) is 5.75 Å². The molecule has 1 aliphatic heterocycles. The van der Waals surface area contributed by atoms with Crippen molar-refractivity contribution in [2.75, 3.05) is 16.7 Å². The Balaban J connectivity index is 2.11. The molecule has 1 aromatic heterocycles. The van der Waals surface area contributed by atoms with E-state index in [1.165, 1.54) is 36.0 Å². The van der Waals surface area contributed by atoms with Crippen LogP contribution in [0.2, 0.25) is 0 Å². The second-order valence-corrected chi connectivity index (χ2v) is 6.55. The molecule has 0 spiro atoms. The number of benzene rings is 1. The van der Waals surface area contributed by atoms with Gasteiger partial charge in [0.15, 0.2) is 0 Å². The van der Waals surface area contributed by atoms with Crippen LogP contribution in [0.1, 0.15) is 0 Å². The van der Waals surface area contributed by atoms with Gasteiger partial charge in [0.05, 0.1) is 18.5 Å². The van der Waals surface area contributed by atoms with E-state index < -0.39 is 16.1 Å². The summed E-state index contributed by atoms with van der Waals surface area (Å²) in [6, 6.07) is 5.55. The van der Waals surface area contributed by atoms with Gasteiger partial charge >= 0.3 is 6.03 Å². The summed E-state index contributed by atoms with van der Waals surface area (Å²) in [7, 11) is -2.36. The largest absolute Gasteiger partial charge is 0.497 e. The van der Waals surface area contributed by atoms with E-state index in [1.807, 2.05) is 0 Å². The van der Waals surface area contributed by atoms with Gasteiger partial charge in [0.1, 0.15) is 10.6 Å². The molecule has 20 heavy (non-hydrogen) atoms. The summed E-state index contributed by atoms with van der Waals surface area (Å²) in [6.07, 6.45) is 0. The highest BCUT2D eigenvalue weighted by Gasteiger charge is 2.38. The topological polar surface area (TPSA) is 75.7 Å². The quantitative estimate of drug-likeness (QED) is 0.924. The molecular formula is C12H10N2O4S2. The molecule has 6 nitrogen and oxygen atoms in total. The van der Waals surface area contributed by atoms with Crippen molar-refractivity contribution in [2.45, 2.75) is 4.90 Å². The second kappa shape index (κ2) is 4.50. The van der Waals surface area contributed by atoms with Gasteiger partial charge in [-0.2, -0.15) is 4.31 Å². The maximum atomic E-state index is 12.5. The number of hydrogen-bond acceptors (Lipinski definition) is 5. The smallest absolute Gasteiger partial charge is 0.340 e. The maximum absolute atomic E-state index is 12.5. The van der Waals surface area contributed by atoms with E-state index in [-0.39, 0.29) is 10.6 Å². The molecule has 2 heterocycles. The molecule has 0 radical (unpaired) electrons. The van der Waals surface area contributed by atoms with Crippen molar-refractivity contribution in [2.24, 2.45) is 0 Å². The van der Waals surface area contributed by atoms with Gasteiger partial charge in [-0.25, -0.2) is 13.2 Å². The van der Waals surface area contributed by atoms with Crippen molar-refractivity contribution in [3.63, 3.8) is 0 Å². The Kier molecular flexibility index (Phi) is 2.91. The highest BCUT2D eigenvalue weighted by atomic mass is 32.2. The lowest BCUT2D eigenvalue weighted by molar-refractivity contribution is 0.259. The number of carbonyl (C=O) groups is 1. The van der Waals surface area contributed by atoms with Crippen LogP contribution >= 0.6 is 11.3 Å². The Morgan fingerprint density at radius 2 is 1.90 bits per heavy atom. The summed E-state index contributed by atoms with van der Waals surface area (Å²) >= 11 is 1.22. The van der Waals surface area contributed by atoms with Crippen LogP contribution in [0.4, 0.5) is 16.2 Å². The van der Waals surface area contributed by atoms with Gasteiger partial charge in [-0.1, -0.05) is 0 Å². The number of ether oxygens (including phenoxy) is 1. The Bertz CT molecular complexity index is 765. The predicted molar refractivity (Wildman–Crippen MR) is 76.0 cm³/mol. The molecule has 104 valence electrons. The Morgan fingerprint density at radius 3 is 2.55 bits per heavy atom. The van der Waals surface area contributed by atoms with Gasteiger partial charge in [0.25, 0.3) is 10.0 Å².